The fourth-order valence-electron chi connectivity index (χ4n) is 1.65. The lowest BCUT2D eigenvalue weighted by Gasteiger charge is -1.97. The number of aromatic nitrogens is 1. The molecule has 0 bridgehead atoms. The van der Waals surface area contributed by atoms with Gasteiger partial charge in [0.25, 0.3) is 0 Å². The first kappa shape index (κ1) is 13.6. The highest BCUT2D eigenvalue weighted by atomic mass is 32.1. The average molecular weight is 283 g/mol. The number of hydrogen-bond donors (Lipinski definition) is 0. The van der Waals surface area contributed by atoms with Crippen molar-refractivity contribution in [3.63, 3.8) is 0 Å². The van der Waals surface area contributed by atoms with Gasteiger partial charge in [0.15, 0.2) is 5.69 Å². The highest BCUT2D eigenvalue weighted by Crippen LogP contribution is 2.29. The number of nitrogens with zero attached hydrogens (tertiary/aromatic N) is 1. The molecule has 1 aromatic carbocycles. The highest BCUT2D eigenvalue weighted by molar-refractivity contribution is 7.15. The van der Waals surface area contributed by atoms with Crippen molar-refractivity contribution in [3.8, 4) is 10.6 Å². The summed E-state index contributed by atoms with van der Waals surface area (Å²) in [6.07, 6.45) is 0.597. The van der Waals surface area contributed by atoms with Crippen LogP contribution in [0, 0.1) is 11.6 Å². The van der Waals surface area contributed by atoms with Crippen molar-refractivity contribution in [1.82, 2.24) is 4.98 Å². The van der Waals surface area contributed by atoms with Crippen molar-refractivity contribution in [3.05, 3.63) is 40.4 Å². The molecule has 3 nitrogen and oxygen atoms in total. The summed E-state index contributed by atoms with van der Waals surface area (Å²) in [5.41, 5.74) is 0.516. The lowest BCUT2D eigenvalue weighted by Crippen LogP contribution is -2.04. The summed E-state index contributed by atoms with van der Waals surface area (Å²) >= 11 is 1.23. The zero-order valence-electron chi connectivity index (χ0n) is 10.4. The van der Waals surface area contributed by atoms with Gasteiger partial charge in [0.1, 0.15) is 16.6 Å². The number of halogens is 2. The first-order valence-corrected chi connectivity index (χ1v) is 6.41. The number of carbonyl (C=O) groups excluding carboxylic acids is 1. The molecule has 19 heavy (non-hydrogen) atoms. The van der Waals surface area contributed by atoms with Crippen molar-refractivity contribution >= 4 is 17.3 Å². The SMILES string of the molecule is CCc1sc(-c2cc(F)cc(F)c2)nc1C(=O)OC. The number of hydrogen-bond acceptors (Lipinski definition) is 4. The average Bonchev–Trinajstić information content (AvgIpc) is 2.80. The molecule has 0 unspecified atom stereocenters. The van der Waals surface area contributed by atoms with Crippen molar-refractivity contribution in [2.45, 2.75) is 13.3 Å². The molecular formula is C13H11F2NO2S. The van der Waals surface area contributed by atoms with E-state index >= 15 is 0 Å². The van der Waals surface area contributed by atoms with Crippen molar-refractivity contribution in [1.29, 1.82) is 0 Å². The molecular weight excluding hydrogens is 272 g/mol. The number of methoxy groups -OCH3 is 1. The molecule has 6 heteroatoms. The first-order valence-electron chi connectivity index (χ1n) is 5.59. The molecule has 2 rings (SSSR count). The minimum Gasteiger partial charge on any atom is -0.464 e. The summed E-state index contributed by atoms with van der Waals surface area (Å²) in [5, 5.41) is 0.399. The third-order valence-corrected chi connectivity index (χ3v) is 3.76. The molecule has 0 aliphatic carbocycles. The number of rotatable bonds is 3. The van der Waals surface area contributed by atoms with Gasteiger partial charge in [-0.3, -0.25) is 0 Å². The highest BCUT2D eigenvalue weighted by Gasteiger charge is 2.18. The monoisotopic (exact) mass is 283 g/mol. The van der Waals surface area contributed by atoms with E-state index in [1.54, 1.807) is 0 Å². The molecule has 0 radical (unpaired) electrons. The van der Waals surface area contributed by atoms with E-state index in [1.165, 1.54) is 30.6 Å². The zero-order valence-corrected chi connectivity index (χ0v) is 11.2. The number of aryl methyl sites for hydroxylation is 1. The Morgan fingerprint density at radius 2 is 1.95 bits per heavy atom. The van der Waals surface area contributed by atoms with E-state index in [0.717, 1.165) is 10.9 Å². The molecule has 0 aliphatic rings. The van der Waals surface area contributed by atoms with Gasteiger partial charge in [-0.1, -0.05) is 6.92 Å². The zero-order chi connectivity index (χ0) is 14.0. The van der Waals surface area contributed by atoms with Crippen LogP contribution in [0.5, 0.6) is 0 Å². The number of benzene rings is 1. The minimum atomic E-state index is -0.678. The van der Waals surface area contributed by atoms with Crippen LogP contribution >= 0.6 is 11.3 Å². The van der Waals surface area contributed by atoms with E-state index in [-0.39, 0.29) is 5.69 Å². The van der Waals surface area contributed by atoms with Crippen LogP contribution in [0.3, 0.4) is 0 Å². The summed E-state index contributed by atoms with van der Waals surface area (Å²) in [6, 6.07) is 3.16. The number of carbonyl (C=O) groups is 1. The van der Waals surface area contributed by atoms with Gasteiger partial charge in [0, 0.05) is 16.5 Å². The van der Waals surface area contributed by atoms with Crippen LogP contribution in [0.1, 0.15) is 22.3 Å². The fourth-order valence-corrected chi connectivity index (χ4v) is 2.62. The molecule has 0 fully saturated rings. The summed E-state index contributed by atoms with van der Waals surface area (Å²) in [5.74, 6) is -1.90. The van der Waals surface area contributed by atoms with Crippen LogP contribution in [0.2, 0.25) is 0 Å². The van der Waals surface area contributed by atoms with E-state index in [1.807, 2.05) is 6.92 Å². The van der Waals surface area contributed by atoms with Crippen LogP contribution in [0.25, 0.3) is 10.6 Å². The molecule has 0 spiro atoms. The van der Waals surface area contributed by atoms with Crippen LogP contribution in [0.4, 0.5) is 8.78 Å². The quantitative estimate of drug-likeness (QED) is 0.810. The second-order valence-corrected chi connectivity index (χ2v) is 4.88. The van der Waals surface area contributed by atoms with Gasteiger partial charge in [-0.2, -0.15) is 0 Å². The van der Waals surface area contributed by atoms with E-state index in [0.29, 0.717) is 17.0 Å². The lowest BCUT2D eigenvalue weighted by atomic mass is 10.2. The Kier molecular flexibility index (Phi) is 3.90. The molecule has 0 saturated heterocycles. The molecule has 0 aliphatic heterocycles. The van der Waals surface area contributed by atoms with Crippen molar-refractivity contribution in [2.75, 3.05) is 7.11 Å². The Bertz CT molecular complexity index is 605. The Hall–Kier alpha value is -1.82. The molecule has 2 aromatic rings. The molecule has 1 heterocycles. The van der Waals surface area contributed by atoms with E-state index in [2.05, 4.69) is 9.72 Å². The molecule has 0 saturated carbocycles. The largest absolute Gasteiger partial charge is 0.464 e. The predicted octanol–water partition coefficient (Wildman–Crippen LogP) is 3.44. The predicted molar refractivity (Wildman–Crippen MR) is 68.2 cm³/mol. The molecule has 0 atom stereocenters. The van der Waals surface area contributed by atoms with Gasteiger partial charge < -0.3 is 4.74 Å². The Morgan fingerprint density at radius 1 is 1.32 bits per heavy atom. The van der Waals surface area contributed by atoms with Gasteiger partial charge in [0.2, 0.25) is 0 Å². The van der Waals surface area contributed by atoms with E-state index in [4.69, 9.17) is 0 Å². The van der Waals surface area contributed by atoms with Gasteiger partial charge in [-0.25, -0.2) is 18.6 Å². The summed E-state index contributed by atoms with van der Waals surface area (Å²) in [7, 11) is 1.27. The summed E-state index contributed by atoms with van der Waals surface area (Å²) in [6.45, 7) is 1.87. The Morgan fingerprint density at radius 3 is 2.47 bits per heavy atom. The maximum Gasteiger partial charge on any atom is 0.357 e. The lowest BCUT2D eigenvalue weighted by molar-refractivity contribution is 0.0594. The third kappa shape index (κ3) is 2.78. The van der Waals surface area contributed by atoms with E-state index in [9.17, 15) is 13.6 Å². The van der Waals surface area contributed by atoms with Crippen LogP contribution in [-0.2, 0) is 11.2 Å². The number of thiazole rings is 1. The standard InChI is InChI=1S/C13H11F2NO2S/c1-3-10-11(13(17)18-2)16-12(19-10)7-4-8(14)6-9(15)5-7/h4-6H,3H2,1-2H3. The van der Waals surface area contributed by atoms with Crippen LogP contribution in [-0.4, -0.2) is 18.1 Å². The van der Waals surface area contributed by atoms with Crippen LogP contribution in [0.15, 0.2) is 18.2 Å². The molecule has 0 amide bonds. The van der Waals surface area contributed by atoms with Gasteiger partial charge in [0.05, 0.1) is 7.11 Å². The normalized spacial score (nSPS) is 10.5. The van der Waals surface area contributed by atoms with Gasteiger partial charge >= 0.3 is 5.97 Å². The Labute approximate surface area is 112 Å². The summed E-state index contributed by atoms with van der Waals surface area (Å²) < 4.78 is 31.0. The smallest absolute Gasteiger partial charge is 0.357 e. The minimum absolute atomic E-state index is 0.203. The van der Waals surface area contributed by atoms with Crippen molar-refractivity contribution in [2.24, 2.45) is 0 Å². The number of esters is 1. The van der Waals surface area contributed by atoms with Gasteiger partial charge in [-0.05, 0) is 18.6 Å². The van der Waals surface area contributed by atoms with Crippen molar-refractivity contribution < 1.29 is 18.3 Å². The summed E-state index contributed by atoms with van der Waals surface area (Å²) in [4.78, 5) is 16.4. The van der Waals surface area contributed by atoms with Gasteiger partial charge in [-0.15, -0.1) is 11.3 Å². The second kappa shape index (κ2) is 5.44. The molecule has 100 valence electrons. The third-order valence-electron chi connectivity index (χ3n) is 2.51. The maximum atomic E-state index is 13.2. The topological polar surface area (TPSA) is 39.2 Å². The van der Waals surface area contributed by atoms with Crippen LogP contribution < -0.4 is 0 Å². The molecule has 0 N–H and O–H groups in total. The second-order valence-electron chi connectivity index (χ2n) is 3.79. The first-order chi connectivity index (χ1) is 9.05. The number of ether oxygens (including phenoxy) is 1. The maximum absolute atomic E-state index is 13.2. The Balaban J connectivity index is 2.51. The molecule has 1 aromatic heterocycles. The fraction of sp³-hybridized carbons (Fsp3) is 0.231. The van der Waals surface area contributed by atoms with E-state index < -0.39 is 17.6 Å².